The van der Waals surface area contributed by atoms with Gasteiger partial charge in [-0.15, -0.1) is 0 Å². The zero-order chi connectivity index (χ0) is 14.6. The SMILES string of the molecule is C=Cc1ccc(CCCC)cc1.C=Cc1ccccc1. The van der Waals surface area contributed by atoms with Gasteiger partial charge in [0.1, 0.15) is 0 Å². The van der Waals surface area contributed by atoms with Gasteiger partial charge in [-0.3, -0.25) is 0 Å². The summed E-state index contributed by atoms with van der Waals surface area (Å²) in [5.74, 6) is 0. The van der Waals surface area contributed by atoms with Crippen molar-refractivity contribution in [2.24, 2.45) is 0 Å². The van der Waals surface area contributed by atoms with Crippen LogP contribution in [0.5, 0.6) is 0 Å². The second-order valence-electron chi connectivity index (χ2n) is 4.66. The average Bonchev–Trinajstić information content (AvgIpc) is 2.54. The minimum absolute atomic E-state index is 1.17. The summed E-state index contributed by atoms with van der Waals surface area (Å²) in [6.45, 7) is 9.57. The summed E-state index contributed by atoms with van der Waals surface area (Å²) in [6, 6.07) is 18.6. The van der Waals surface area contributed by atoms with Gasteiger partial charge in [-0.05, 0) is 29.5 Å². The number of rotatable bonds is 5. The molecule has 0 amide bonds. The lowest BCUT2D eigenvalue weighted by molar-refractivity contribution is 0.795. The van der Waals surface area contributed by atoms with E-state index in [1.165, 1.54) is 36.0 Å². The van der Waals surface area contributed by atoms with E-state index in [0.717, 1.165) is 0 Å². The van der Waals surface area contributed by atoms with Crippen LogP contribution < -0.4 is 0 Å². The average molecular weight is 264 g/mol. The van der Waals surface area contributed by atoms with Gasteiger partial charge in [0.15, 0.2) is 0 Å². The number of hydrogen-bond donors (Lipinski definition) is 0. The zero-order valence-electron chi connectivity index (χ0n) is 12.4. The van der Waals surface area contributed by atoms with Gasteiger partial charge in [0.05, 0.1) is 0 Å². The van der Waals surface area contributed by atoms with Gasteiger partial charge in [-0.25, -0.2) is 0 Å². The van der Waals surface area contributed by atoms with Crippen LogP contribution in [0.1, 0.15) is 36.5 Å². The smallest absolute Gasteiger partial charge is 0.0262 e. The van der Waals surface area contributed by atoms with Crippen molar-refractivity contribution in [1.82, 2.24) is 0 Å². The van der Waals surface area contributed by atoms with Crippen molar-refractivity contribution >= 4 is 12.2 Å². The standard InChI is InChI=1S/C12H16.C8H8/c1-3-5-6-12-9-7-11(4-2)8-10-12;1-2-8-6-4-3-5-7-8/h4,7-10H,2-3,5-6H2,1H3;2-7H,1H2. The predicted octanol–water partition coefficient (Wildman–Crippen LogP) is 6.00. The highest BCUT2D eigenvalue weighted by atomic mass is 14.0. The summed E-state index contributed by atoms with van der Waals surface area (Å²) in [7, 11) is 0. The van der Waals surface area contributed by atoms with Crippen LogP contribution in [0.25, 0.3) is 12.2 Å². The third-order valence-electron chi connectivity index (χ3n) is 3.07. The van der Waals surface area contributed by atoms with Crippen LogP contribution in [0.2, 0.25) is 0 Å². The second-order valence-corrected chi connectivity index (χ2v) is 4.66. The van der Waals surface area contributed by atoms with E-state index < -0.39 is 0 Å². The summed E-state index contributed by atoms with van der Waals surface area (Å²) in [4.78, 5) is 0. The Morgan fingerprint density at radius 1 is 0.800 bits per heavy atom. The normalized spacial score (nSPS) is 9.25. The van der Waals surface area contributed by atoms with Crippen molar-refractivity contribution in [2.75, 3.05) is 0 Å². The molecule has 0 saturated heterocycles. The molecule has 0 N–H and O–H groups in total. The molecule has 2 aromatic carbocycles. The maximum Gasteiger partial charge on any atom is -0.0262 e. The van der Waals surface area contributed by atoms with E-state index in [2.05, 4.69) is 44.3 Å². The van der Waals surface area contributed by atoms with E-state index in [1.807, 2.05) is 42.5 Å². The minimum Gasteiger partial charge on any atom is -0.0985 e. The third kappa shape index (κ3) is 6.19. The molecule has 104 valence electrons. The van der Waals surface area contributed by atoms with E-state index in [9.17, 15) is 0 Å². The summed E-state index contributed by atoms with van der Waals surface area (Å²) in [5.41, 5.74) is 3.81. The Hall–Kier alpha value is -2.08. The number of aryl methyl sites for hydroxylation is 1. The first kappa shape index (κ1) is 16.0. The Balaban J connectivity index is 0.000000217. The summed E-state index contributed by atoms with van der Waals surface area (Å²) in [6.07, 6.45) is 7.47. The molecule has 0 spiro atoms. The van der Waals surface area contributed by atoms with Gasteiger partial charge >= 0.3 is 0 Å². The van der Waals surface area contributed by atoms with Crippen molar-refractivity contribution < 1.29 is 0 Å². The van der Waals surface area contributed by atoms with Crippen LogP contribution in [0.4, 0.5) is 0 Å². The molecule has 0 aliphatic heterocycles. The molecule has 0 fully saturated rings. The lowest BCUT2D eigenvalue weighted by Crippen LogP contribution is -1.83. The molecular formula is C20H24. The minimum atomic E-state index is 1.17. The number of unbranched alkanes of at least 4 members (excludes halogenated alkanes) is 1. The summed E-state index contributed by atoms with van der Waals surface area (Å²) in [5, 5.41) is 0. The van der Waals surface area contributed by atoms with Crippen molar-refractivity contribution in [2.45, 2.75) is 26.2 Å². The molecule has 0 aliphatic rings. The quantitative estimate of drug-likeness (QED) is 0.621. The topological polar surface area (TPSA) is 0 Å². The van der Waals surface area contributed by atoms with Crippen LogP contribution in [0, 0.1) is 0 Å². The third-order valence-corrected chi connectivity index (χ3v) is 3.07. The molecule has 0 heteroatoms. The van der Waals surface area contributed by atoms with E-state index in [0.29, 0.717) is 0 Å². The Kier molecular flexibility index (Phi) is 7.83. The first-order valence-corrected chi connectivity index (χ1v) is 7.19. The fourth-order valence-electron chi connectivity index (χ4n) is 1.79. The van der Waals surface area contributed by atoms with Gasteiger partial charge in [0, 0.05) is 0 Å². The van der Waals surface area contributed by atoms with Crippen LogP contribution in [-0.2, 0) is 6.42 Å². The summed E-state index contributed by atoms with van der Waals surface area (Å²) >= 11 is 0. The lowest BCUT2D eigenvalue weighted by atomic mass is 10.1. The maximum absolute atomic E-state index is 3.72. The molecule has 20 heavy (non-hydrogen) atoms. The van der Waals surface area contributed by atoms with Crippen LogP contribution in [0.15, 0.2) is 67.8 Å². The highest BCUT2D eigenvalue weighted by Crippen LogP contribution is 2.08. The van der Waals surface area contributed by atoms with E-state index >= 15 is 0 Å². The van der Waals surface area contributed by atoms with Crippen LogP contribution in [-0.4, -0.2) is 0 Å². The first-order valence-electron chi connectivity index (χ1n) is 7.19. The second kappa shape index (κ2) is 9.80. The molecule has 0 radical (unpaired) electrons. The van der Waals surface area contributed by atoms with Crippen molar-refractivity contribution in [1.29, 1.82) is 0 Å². The largest absolute Gasteiger partial charge is 0.0985 e. The monoisotopic (exact) mass is 264 g/mol. The van der Waals surface area contributed by atoms with Crippen molar-refractivity contribution in [3.63, 3.8) is 0 Å². The number of benzene rings is 2. The Bertz CT molecular complexity index is 491. The molecule has 0 aliphatic carbocycles. The van der Waals surface area contributed by atoms with Crippen molar-refractivity contribution in [3.8, 4) is 0 Å². The maximum atomic E-state index is 3.72. The Labute approximate surface area is 123 Å². The van der Waals surface area contributed by atoms with E-state index in [1.54, 1.807) is 0 Å². The molecule has 0 aromatic heterocycles. The fourth-order valence-corrected chi connectivity index (χ4v) is 1.79. The number of hydrogen-bond acceptors (Lipinski definition) is 0. The van der Waals surface area contributed by atoms with Crippen molar-refractivity contribution in [3.05, 3.63) is 84.4 Å². The van der Waals surface area contributed by atoms with E-state index in [4.69, 9.17) is 0 Å². The molecular weight excluding hydrogens is 240 g/mol. The highest BCUT2D eigenvalue weighted by molar-refractivity contribution is 5.47. The predicted molar refractivity (Wildman–Crippen MR) is 91.7 cm³/mol. The zero-order valence-corrected chi connectivity index (χ0v) is 12.4. The van der Waals surface area contributed by atoms with E-state index in [-0.39, 0.29) is 0 Å². The molecule has 0 nitrogen and oxygen atoms in total. The lowest BCUT2D eigenvalue weighted by Gasteiger charge is -1.99. The van der Waals surface area contributed by atoms with Crippen LogP contribution in [0.3, 0.4) is 0 Å². The first-order chi connectivity index (χ1) is 9.80. The molecule has 2 rings (SSSR count). The molecule has 2 aromatic rings. The molecule has 0 saturated carbocycles. The van der Waals surface area contributed by atoms with Gasteiger partial charge in [-0.1, -0.05) is 93.3 Å². The molecule has 0 bridgehead atoms. The van der Waals surface area contributed by atoms with Crippen LogP contribution >= 0.6 is 0 Å². The fraction of sp³-hybridized carbons (Fsp3) is 0.200. The Morgan fingerprint density at radius 2 is 1.35 bits per heavy atom. The molecule has 0 heterocycles. The molecule has 0 atom stereocenters. The van der Waals surface area contributed by atoms with Gasteiger partial charge in [-0.2, -0.15) is 0 Å². The summed E-state index contributed by atoms with van der Waals surface area (Å²) < 4.78 is 0. The van der Waals surface area contributed by atoms with Gasteiger partial charge < -0.3 is 0 Å². The van der Waals surface area contributed by atoms with Gasteiger partial charge in [0.2, 0.25) is 0 Å². The molecule has 0 unspecified atom stereocenters. The Morgan fingerprint density at radius 3 is 1.80 bits per heavy atom. The van der Waals surface area contributed by atoms with Gasteiger partial charge in [0.25, 0.3) is 0 Å². The highest BCUT2D eigenvalue weighted by Gasteiger charge is 1.91.